The standard InChI is InChI=1S/C15H23BrN2O2/c1-3-4-5-6-7-8-12(2)17-15-11-13(18(19)20)9-10-14(15)16/h9-12,17H,3-8H2,1-2H3. The summed E-state index contributed by atoms with van der Waals surface area (Å²) in [6, 6.07) is 5.12. The van der Waals surface area contributed by atoms with Crippen LogP contribution in [-0.4, -0.2) is 11.0 Å². The van der Waals surface area contributed by atoms with Crippen molar-refractivity contribution in [2.75, 3.05) is 5.32 Å². The summed E-state index contributed by atoms with van der Waals surface area (Å²) in [6.45, 7) is 4.33. The second-order valence-corrected chi connectivity index (χ2v) is 6.02. The van der Waals surface area contributed by atoms with Crippen LogP contribution in [0.15, 0.2) is 22.7 Å². The molecule has 1 rings (SSSR count). The minimum absolute atomic E-state index is 0.117. The van der Waals surface area contributed by atoms with Gasteiger partial charge in [0.1, 0.15) is 0 Å². The quantitative estimate of drug-likeness (QED) is 0.365. The Kier molecular flexibility index (Phi) is 7.59. The van der Waals surface area contributed by atoms with E-state index in [4.69, 9.17) is 0 Å². The van der Waals surface area contributed by atoms with Crippen molar-refractivity contribution in [1.29, 1.82) is 0 Å². The van der Waals surface area contributed by atoms with Crippen LogP contribution < -0.4 is 5.32 Å². The first-order valence-electron chi connectivity index (χ1n) is 7.25. The molecule has 0 aliphatic carbocycles. The van der Waals surface area contributed by atoms with Gasteiger partial charge < -0.3 is 5.32 Å². The van der Waals surface area contributed by atoms with E-state index >= 15 is 0 Å². The number of anilines is 1. The van der Waals surface area contributed by atoms with E-state index in [0.29, 0.717) is 6.04 Å². The molecule has 112 valence electrons. The summed E-state index contributed by atoms with van der Waals surface area (Å²) in [5.41, 5.74) is 0.908. The number of hydrogen-bond donors (Lipinski definition) is 1. The maximum absolute atomic E-state index is 10.8. The van der Waals surface area contributed by atoms with Crippen LogP contribution in [0.1, 0.15) is 52.4 Å². The predicted octanol–water partition coefficient (Wildman–Crippen LogP) is 5.52. The molecule has 0 bridgehead atoms. The molecule has 0 saturated heterocycles. The zero-order chi connectivity index (χ0) is 15.0. The topological polar surface area (TPSA) is 55.2 Å². The second kappa shape index (κ2) is 8.95. The molecule has 5 heteroatoms. The first kappa shape index (κ1) is 17.0. The number of rotatable bonds is 9. The number of nitro benzene ring substituents is 1. The number of nitrogens with one attached hydrogen (secondary N) is 1. The summed E-state index contributed by atoms with van der Waals surface area (Å²) < 4.78 is 0.862. The van der Waals surface area contributed by atoms with E-state index in [1.165, 1.54) is 38.2 Å². The molecular formula is C15H23BrN2O2. The fourth-order valence-electron chi connectivity index (χ4n) is 2.13. The summed E-state index contributed by atoms with van der Waals surface area (Å²) in [4.78, 5) is 10.4. The Hall–Kier alpha value is -1.10. The van der Waals surface area contributed by atoms with Gasteiger partial charge in [0.05, 0.1) is 10.6 Å². The normalized spacial score (nSPS) is 12.2. The average molecular weight is 343 g/mol. The number of hydrogen-bond acceptors (Lipinski definition) is 3. The minimum Gasteiger partial charge on any atom is -0.381 e. The molecule has 20 heavy (non-hydrogen) atoms. The van der Waals surface area contributed by atoms with E-state index in [9.17, 15) is 10.1 Å². The van der Waals surface area contributed by atoms with Crippen LogP contribution in [0.3, 0.4) is 0 Å². The van der Waals surface area contributed by atoms with Crippen LogP contribution in [0.2, 0.25) is 0 Å². The Morgan fingerprint density at radius 1 is 1.30 bits per heavy atom. The molecule has 1 atom stereocenters. The largest absolute Gasteiger partial charge is 0.381 e. The average Bonchev–Trinajstić information content (AvgIpc) is 2.40. The van der Waals surface area contributed by atoms with Crippen LogP contribution in [0, 0.1) is 10.1 Å². The molecule has 4 nitrogen and oxygen atoms in total. The molecule has 0 radical (unpaired) electrons. The molecule has 0 amide bonds. The lowest BCUT2D eigenvalue weighted by atomic mass is 10.1. The van der Waals surface area contributed by atoms with E-state index in [2.05, 4.69) is 35.1 Å². The van der Waals surface area contributed by atoms with E-state index in [1.54, 1.807) is 12.1 Å². The number of unbranched alkanes of at least 4 members (excludes halogenated alkanes) is 4. The minimum atomic E-state index is -0.368. The Morgan fingerprint density at radius 2 is 2.00 bits per heavy atom. The van der Waals surface area contributed by atoms with Gasteiger partial charge >= 0.3 is 0 Å². The Balaban J connectivity index is 2.46. The summed E-state index contributed by atoms with van der Waals surface area (Å²) in [5.74, 6) is 0. The number of benzene rings is 1. The fourth-order valence-corrected chi connectivity index (χ4v) is 2.49. The Labute approximate surface area is 129 Å². The molecule has 0 fully saturated rings. The van der Waals surface area contributed by atoms with Gasteiger partial charge in [-0.25, -0.2) is 0 Å². The molecular weight excluding hydrogens is 320 g/mol. The smallest absolute Gasteiger partial charge is 0.271 e. The highest BCUT2D eigenvalue weighted by Crippen LogP contribution is 2.28. The van der Waals surface area contributed by atoms with Crippen molar-refractivity contribution in [1.82, 2.24) is 0 Å². The molecule has 0 saturated carbocycles. The molecule has 0 spiro atoms. The van der Waals surface area contributed by atoms with Gasteiger partial charge in [-0.3, -0.25) is 10.1 Å². The highest BCUT2D eigenvalue weighted by Gasteiger charge is 2.11. The third-order valence-electron chi connectivity index (χ3n) is 3.30. The van der Waals surface area contributed by atoms with Crippen LogP contribution >= 0.6 is 15.9 Å². The summed E-state index contributed by atoms with van der Waals surface area (Å²) >= 11 is 3.43. The van der Waals surface area contributed by atoms with Gasteiger partial charge in [-0.1, -0.05) is 39.0 Å². The number of halogens is 1. The number of nitro groups is 1. The fraction of sp³-hybridized carbons (Fsp3) is 0.600. The second-order valence-electron chi connectivity index (χ2n) is 5.17. The lowest BCUT2D eigenvalue weighted by Gasteiger charge is -2.16. The van der Waals surface area contributed by atoms with Gasteiger partial charge in [0, 0.05) is 22.6 Å². The molecule has 0 heterocycles. The van der Waals surface area contributed by atoms with Gasteiger partial charge in [0.2, 0.25) is 0 Å². The van der Waals surface area contributed by atoms with Gasteiger partial charge in [-0.2, -0.15) is 0 Å². The molecule has 1 aromatic carbocycles. The summed E-state index contributed by atoms with van der Waals surface area (Å²) in [5, 5.41) is 14.1. The van der Waals surface area contributed by atoms with Crippen LogP contribution in [0.5, 0.6) is 0 Å². The van der Waals surface area contributed by atoms with E-state index < -0.39 is 0 Å². The van der Waals surface area contributed by atoms with Crippen molar-refractivity contribution in [3.8, 4) is 0 Å². The zero-order valence-electron chi connectivity index (χ0n) is 12.2. The van der Waals surface area contributed by atoms with Crippen LogP contribution in [0.25, 0.3) is 0 Å². The molecule has 1 unspecified atom stereocenters. The molecule has 1 N–H and O–H groups in total. The maximum atomic E-state index is 10.8. The Bertz CT molecular complexity index is 438. The van der Waals surface area contributed by atoms with Crippen molar-refractivity contribution in [2.24, 2.45) is 0 Å². The van der Waals surface area contributed by atoms with Gasteiger partial charge in [0.15, 0.2) is 0 Å². The van der Waals surface area contributed by atoms with Crippen molar-refractivity contribution in [3.63, 3.8) is 0 Å². The van der Waals surface area contributed by atoms with E-state index in [-0.39, 0.29) is 10.6 Å². The van der Waals surface area contributed by atoms with E-state index in [0.717, 1.165) is 16.6 Å². The third-order valence-corrected chi connectivity index (χ3v) is 3.99. The monoisotopic (exact) mass is 342 g/mol. The van der Waals surface area contributed by atoms with Crippen LogP contribution in [0.4, 0.5) is 11.4 Å². The number of non-ortho nitro benzene ring substituents is 1. The lowest BCUT2D eigenvalue weighted by molar-refractivity contribution is -0.384. The molecule has 0 aliphatic heterocycles. The first-order chi connectivity index (χ1) is 9.54. The van der Waals surface area contributed by atoms with Crippen LogP contribution in [-0.2, 0) is 0 Å². The lowest BCUT2D eigenvalue weighted by Crippen LogP contribution is -2.15. The van der Waals surface area contributed by atoms with Gasteiger partial charge in [0.25, 0.3) is 5.69 Å². The highest BCUT2D eigenvalue weighted by molar-refractivity contribution is 9.10. The summed E-state index contributed by atoms with van der Waals surface area (Å²) in [7, 11) is 0. The van der Waals surface area contributed by atoms with Crippen molar-refractivity contribution in [3.05, 3.63) is 32.8 Å². The SMILES string of the molecule is CCCCCCCC(C)Nc1cc([N+](=O)[O-])ccc1Br. The molecule has 1 aromatic rings. The zero-order valence-corrected chi connectivity index (χ0v) is 13.8. The molecule has 0 aromatic heterocycles. The summed E-state index contributed by atoms with van der Waals surface area (Å²) in [6.07, 6.45) is 7.39. The highest BCUT2D eigenvalue weighted by atomic mass is 79.9. The predicted molar refractivity (Wildman–Crippen MR) is 87.3 cm³/mol. The number of nitrogens with zero attached hydrogens (tertiary/aromatic N) is 1. The third kappa shape index (κ3) is 5.90. The van der Waals surface area contributed by atoms with Gasteiger partial charge in [-0.15, -0.1) is 0 Å². The van der Waals surface area contributed by atoms with Gasteiger partial charge in [-0.05, 0) is 35.3 Å². The van der Waals surface area contributed by atoms with Crippen molar-refractivity contribution < 1.29 is 4.92 Å². The Morgan fingerprint density at radius 3 is 2.65 bits per heavy atom. The molecule has 0 aliphatic rings. The van der Waals surface area contributed by atoms with E-state index in [1.807, 2.05) is 0 Å². The maximum Gasteiger partial charge on any atom is 0.271 e. The first-order valence-corrected chi connectivity index (χ1v) is 8.04. The van der Waals surface area contributed by atoms with Crippen molar-refractivity contribution in [2.45, 2.75) is 58.4 Å². The van der Waals surface area contributed by atoms with Crippen molar-refractivity contribution >= 4 is 27.3 Å².